The third-order valence-electron chi connectivity index (χ3n) is 4.78. The van der Waals surface area contributed by atoms with Crippen LogP contribution in [0, 0.1) is 5.82 Å². The molecule has 1 fully saturated rings. The van der Waals surface area contributed by atoms with E-state index < -0.39 is 11.7 Å². The Hall–Kier alpha value is -3.26. The Labute approximate surface area is 168 Å². The molecule has 8 heteroatoms. The summed E-state index contributed by atoms with van der Waals surface area (Å²) >= 11 is 0. The van der Waals surface area contributed by atoms with Crippen molar-refractivity contribution >= 4 is 23.4 Å². The Balaban J connectivity index is 1.57. The van der Waals surface area contributed by atoms with Crippen molar-refractivity contribution in [1.29, 1.82) is 0 Å². The van der Waals surface area contributed by atoms with E-state index in [1.54, 1.807) is 35.2 Å². The van der Waals surface area contributed by atoms with Crippen molar-refractivity contribution in [2.75, 3.05) is 38.0 Å². The van der Waals surface area contributed by atoms with Crippen LogP contribution in [0.4, 0.5) is 10.1 Å². The van der Waals surface area contributed by atoms with Crippen molar-refractivity contribution in [3.63, 3.8) is 0 Å². The zero-order chi connectivity index (χ0) is 20.8. The second-order valence-corrected chi connectivity index (χ2v) is 6.89. The van der Waals surface area contributed by atoms with E-state index in [-0.39, 0.29) is 23.9 Å². The minimum Gasteiger partial charge on any atom is -0.366 e. The molecule has 3 N–H and O–H groups in total. The fourth-order valence-corrected chi connectivity index (χ4v) is 3.34. The summed E-state index contributed by atoms with van der Waals surface area (Å²) in [5, 5.41) is 2.72. The Kier molecular flexibility index (Phi) is 6.56. The van der Waals surface area contributed by atoms with Gasteiger partial charge in [-0.05, 0) is 36.8 Å². The first-order valence-corrected chi connectivity index (χ1v) is 9.40. The van der Waals surface area contributed by atoms with Crippen LogP contribution in [0.25, 0.3) is 0 Å². The highest BCUT2D eigenvalue weighted by Crippen LogP contribution is 2.15. The maximum atomic E-state index is 13.4. The number of benzene rings is 2. The van der Waals surface area contributed by atoms with Crippen molar-refractivity contribution in [1.82, 2.24) is 9.80 Å². The van der Waals surface area contributed by atoms with E-state index in [2.05, 4.69) is 5.32 Å². The van der Waals surface area contributed by atoms with Crippen LogP contribution in [0.1, 0.15) is 27.1 Å². The third-order valence-corrected chi connectivity index (χ3v) is 4.78. The SMILES string of the molecule is NC(=O)c1ccccc1NC(=O)CN1CCCN(C(=O)c2cccc(F)c2)CC1. The van der Waals surface area contributed by atoms with Crippen LogP contribution in [-0.4, -0.2) is 60.2 Å². The van der Waals surface area contributed by atoms with E-state index in [0.29, 0.717) is 43.9 Å². The third kappa shape index (κ3) is 5.39. The van der Waals surface area contributed by atoms with Gasteiger partial charge < -0.3 is 16.0 Å². The summed E-state index contributed by atoms with van der Waals surface area (Å²) in [6, 6.07) is 12.2. The molecule has 0 radical (unpaired) electrons. The Morgan fingerprint density at radius 3 is 2.55 bits per heavy atom. The van der Waals surface area contributed by atoms with Crippen LogP contribution < -0.4 is 11.1 Å². The summed E-state index contributed by atoms with van der Waals surface area (Å²) in [6.45, 7) is 2.29. The number of anilines is 1. The van der Waals surface area contributed by atoms with Gasteiger partial charge in [0.2, 0.25) is 5.91 Å². The number of nitrogens with two attached hydrogens (primary N) is 1. The quantitative estimate of drug-likeness (QED) is 0.802. The van der Waals surface area contributed by atoms with Gasteiger partial charge in [-0.25, -0.2) is 4.39 Å². The molecule has 7 nitrogen and oxygen atoms in total. The summed E-state index contributed by atoms with van der Waals surface area (Å²) in [7, 11) is 0. The number of carbonyl (C=O) groups is 3. The number of carbonyl (C=O) groups excluding carboxylic acids is 3. The van der Waals surface area contributed by atoms with Gasteiger partial charge >= 0.3 is 0 Å². The van der Waals surface area contributed by atoms with Gasteiger partial charge in [0.05, 0.1) is 17.8 Å². The molecule has 29 heavy (non-hydrogen) atoms. The maximum Gasteiger partial charge on any atom is 0.254 e. The lowest BCUT2D eigenvalue weighted by Crippen LogP contribution is -2.38. The molecule has 0 unspecified atom stereocenters. The van der Waals surface area contributed by atoms with E-state index in [4.69, 9.17) is 5.73 Å². The highest BCUT2D eigenvalue weighted by atomic mass is 19.1. The molecule has 3 rings (SSSR count). The molecule has 1 aliphatic heterocycles. The lowest BCUT2D eigenvalue weighted by atomic mass is 10.1. The molecular formula is C21H23FN4O3. The normalized spacial score (nSPS) is 14.9. The predicted molar refractivity (Wildman–Crippen MR) is 107 cm³/mol. The van der Waals surface area contributed by atoms with E-state index in [1.165, 1.54) is 18.2 Å². The number of para-hydroxylation sites is 1. The summed E-state index contributed by atoms with van der Waals surface area (Å²) in [6.07, 6.45) is 0.701. The van der Waals surface area contributed by atoms with Gasteiger partial charge in [-0.3, -0.25) is 19.3 Å². The second-order valence-electron chi connectivity index (χ2n) is 6.89. The summed E-state index contributed by atoms with van der Waals surface area (Å²) in [5.74, 6) is -1.53. The highest BCUT2D eigenvalue weighted by Gasteiger charge is 2.22. The minimum absolute atomic E-state index is 0.134. The molecule has 1 aliphatic rings. The topological polar surface area (TPSA) is 95.7 Å². The van der Waals surface area contributed by atoms with Crippen LogP contribution in [0.3, 0.4) is 0 Å². The summed E-state index contributed by atoms with van der Waals surface area (Å²) in [4.78, 5) is 40.1. The number of nitrogens with zero attached hydrogens (tertiary/aromatic N) is 2. The zero-order valence-corrected chi connectivity index (χ0v) is 15.9. The van der Waals surface area contributed by atoms with Crippen molar-refractivity contribution in [2.24, 2.45) is 5.73 Å². The van der Waals surface area contributed by atoms with Gasteiger partial charge in [0.1, 0.15) is 5.82 Å². The molecule has 1 heterocycles. The Morgan fingerprint density at radius 2 is 1.79 bits per heavy atom. The molecule has 0 bridgehead atoms. The number of primary amides is 1. The average molecular weight is 398 g/mol. The molecule has 2 aromatic rings. The fraction of sp³-hybridized carbons (Fsp3) is 0.286. The molecule has 0 saturated carbocycles. The van der Waals surface area contributed by atoms with Crippen molar-refractivity contribution in [2.45, 2.75) is 6.42 Å². The molecular weight excluding hydrogens is 375 g/mol. The summed E-state index contributed by atoms with van der Waals surface area (Å²) in [5.41, 5.74) is 6.28. The van der Waals surface area contributed by atoms with Gasteiger partial charge in [0, 0.05) is 31.7 Å². The molecule has 0 atom stereocenters. The number of nitrogens with one attached hydrogen (secondary N) is 1. The first-order chi connectivity index (χ1) is 13.9. The van der Waals surface area contributed by atoms with Crippen LogP contribution in [0.2, 0.25) is 0 Å². The average Bonchev–Trinajstić information content (AvgIpc) is 2.93. The van der Waals surface area contributed by atoms with Gasteiger partial charge in [-0.15, -0.1) is 0 Å². The van der Waals surface area contributed by atoms with Crippen molar-refractivity contribution in [3.05, 3.63) is 65.5 Å². The molecule has 0 aliphatic carbocycles. The van der Waals surface area contributed by atoms with Crippen molar-refractivity contribution < 1.29 is 18.8 Å². The molecule has 0 aromatic heterocycles. The predicted octanol–water partition coefficient (Wildman–Crippen LogP) is 1.71. The monoisotopic (exact) mass is 398 g/mol. The number of hydrogen-bond donors (Lipinski definition) is 2. The van der Waals surface area contributed by atoms with Gasteiger partial charge in [-0.1, -0.05) is 18.2 Å². The van der Waals surface area contributed by atoms with Crippen LogP contribution >= 0.6 is 0 Å². The van der Waals surface area contributed by atoms with E-state index >= 15 is 0 Å². The van der Waals surface area contributed by atoms with Gasteiger partial charge in [0.25, 0.3) is 11.8 Å². The van der Waals surface area contributed by atoms with Gasteiger partial charge in [-0.2, -0.15) is 0 Å². The lowest BCUT2D eigenvalue weighted by molar-refractivity contribution is -0.117. The van der Waals surface area contributed by atoms with Crippen LogP contribution in [0.15, 0.2) is 48.5 Å². The first kappa shape index (κ1) is 20.5. The van der Waals surface area contributed by atoms with Crippen LogP contribution in [0.5, 0.6) is 0 Å². The standard InChI is InChI=1S/C21H23FN4O3/c22-16-6-3-5-15(13-16)21(29)26-10-4-9-25(11-12-26)14-19(27)24-18-8-2-1-7-17(18)20(23)28/h1-3,5-8,13H,4,9-12,14H2,(H2,23,28)(H,24,27). The van der Waals surface area contributed by atoms with E-state index in [0.717, 1.165) is 0 Å². The number of hydrogen-bond acceptors (Lipinski definition) is 4. The molecule has 152 valence electrons. The number of amides is 3. The number of halogens is 1. The fourth-order valence-electron chi connectivity index (χ4n) is 3.34. The molecule has 0 spiro atoms. The number of rotatable bonds is 5. The Bertz CT molecular complexity index is 918. The lowest BCUT2D eigenvalue weighted by Gasteiger charge is -2.22. The second kappa shape index (κ2) is 9.29. The minimum atomic E-state index is -0.609. The smallest absolute Gasteiger partial charge is 0.254 e. The maximum absolute atomic E-state index is 13.4. The molecule has 1 saturated heterocycles. The Morgan fingerprint density at radius 1 is 1.00 bits per heavy atom. The first-order valence-electron chi connectivity index (χ1n) is 9.40. The largest absolute Gasteiger partial charge is 0.366 e. The van der Waals surface area contributed by atoms with Gasteiger partial charge in [0.15, 0.2) is 0 Å². The molecule has 2 aromatic carbocycles. The zero-order valence-electron chi connectivity index (χ0n) is 15.9. The molecule has 3 amide bonds. The highest BCUT2D eigenvalue weighted by molar-refractivity contribution is 6.03. The van der Waals surface area contributed by atoms with Crippen molar-refractivity contribution in [3.8, 4) is 0 Å². The van der Waals surface area contributed by atoms with E-state index in [1.807, 2.05) is 4.90 Å². The van der Waals surface area contributed by atoms with Crippen LogP contribution in [-0.2, 0) is 4.79 Å². The summed E-state index contributed by atoms with van der Waals surface area (Å²) < 4.78 is 13.4. The van der Waals surface area contributed by atoms with E-state index in [9.17, 15) is 18.8 Å².